The van der Waals surface area contributed by atoms with Gasteiger partial charge >= 0.3 is 5.16 Å². The average molecular weight is 240 g/mol. The summed E-state index contributed by atoms with van der Waals surface area (Å²) in [6.07, 6.45) is 0.969. The molecule has 1 aromatic carbocycles. The molecule has 0 saturated heterocycles. The Morgan fingerprint density at radius 1 is 1.31 bits per heavy atom. The predicted molar refractivity (Wildman–Crippen MR) is 53.4 cm³/mol. The molecular formula is C8H8N4O3S. The number of nitrogens with zero attached hydrogens (tertiary/aromatic N) is 4. The second-order valence-electron chi connectivity index (χ2n) is 3.14. The Morgan fingerprint density at radius 3 is 2.50 bits per heavy atom. The topological polar surface area (TPSA) is 91.8 Å². The summed E-state index contributed by atoms with van der Waals surface area (Å²) < 4.78 is 23.7. The van der Waals surface area contributed by atoms with Crippen molar-refractivity contribution in [1.82, 2.24) is 15.0 Å². The standard InChI is InChI=1S/C8H8N4O3S/c1-16(14,15)8-9-12(13)10-11(8)7-5-3-2-4-6-7/h2-6H,1H3. The molecule has 0 unspecified atom stereocenters. The van der Waals surface area contributed by atoms with Crippen LogP contribution in [0, 0.1) is 5.21 Å². The fourth-order valence-electron chi connectivity index (χ4n) is 1.21. The smallest absolute Gasteiger partial charge is 0.380 e. The number of aromatic nitrogens is 4. The van der Waals surface area contributed by atoms with E-state index < -0.39 is 9.84 Å². The Bertz CT molecular complexity index is 605. The van der Waals surface area contributed by atoms with Gasteiger partial charge in [0.05, 0.1) is 0 Å². The lowest BCUT2D eigenvalue weighted by Gasteiger charge is -1.93. The molecule has 7 nitrogen and oxygen atoms in total. The SMILES string of the molecule is CS(=O)(=O)c1n[n+]([O-])nn1-c1ccccc1. The largest absolute Gasteiger partial charge is 0.671 e. The van der Waals surface area contributed by atoms with Gasteiger partial charge in [-0.15, -0.1) is 0 Å². The number of sulfone groups is 1. The zero-order valence-electron chi connectivity index (χ0n) is 8.31. The van der Waals surface area contributed by atoms with Gasteiger partial charge in [-0.25, -0.2) is 8.42 Å². The molecule has 0 atom stereocenters. The summed E-state index contributed by atoms with van der Waals surface area (Å²) >= 11 is 0. The van der Waals surface area contributed by atoms with E-state index in [0.717, 1.165) is 10.9 Å². The zero-order valence-corrected chi connectivity index (χ0v) is 9.13. The van der Waals surface area contributed by atoms with E-state index in [1.165, 1.54) is 0 Å². The number of rotatable bonds is 2. The number of tetrazole rings is 1. The van der Waals surface area contributed by atoms with E-state index in [2.05, 4.69) is 10.3 Å². The van der Waals surface area contributed by atoms with Gasteiger partial charge in [-0.05, 0) is 17.1 Å². The Hall–Kier alpha value is -1.96. The van der Waals surface area contributed by atoms with Crippen LogP contribution in [0.15, 0.2) is 35.5 Å². The highest BCUT2D eigenvalue weighted by Crippen LogP contribution is 2.10. The zero-order chi connectivity index (χ0) is 11.8. The first-order valence-electron chi connectivity index (χ1n) is 4.31. The van der Waals surface area contributed by atoms with Gasteiger partial charge in [-0.1, -0.05) is 22.9 Å². The molecular weight excluding hydrogens is 232 g/mol. The van der Waals surface area contributed by atoms with Crippen molar-refractivity contribution in [2.24, 2.45) is 0 Å². The molecule has 0 aliphatic rings. The Morgan fingerprint density at radius 2 is 1.94 bits per heavy atom. The van der Waals surface area contributed by atoms with Crippen molar-refractivity contribution in [1.29, 1.82) is 0 Å². The molecule has 0 aliphatic heterocycles. The van der Waals surface area contributed by atoms with Crippen molar-refractivity contribution >= 4 is 9.84 Å². The minimum Gasteiger partial charge on any atom is -0.671 e. The first kappa shape index (κ1) is 10.6. The van der Waals surface area contributed by atoms with E-state index >= 15 is 0 Å². The van der Waals surface area contributed by atoms with Crippen LogP contribution in [0.2, 0.25) is 0 Å². The molecule has 16 heavy (non-hydrogen) atoms. The second-order valence-corrected chi connectivity index (χ2v) is 5.05. The molecule has 1 aromatic heterocycles. The monoisotopic (exact) mass is 240 g/mol. The van der Waals surface area contributed by atoms with E-state index in [4.69, 9.17) is 0 Å². The fraction of sp³-hybridized carbons (Fsp3) is 0.125. The van der Waals surface area contributed by atoms with Crippen LogP contribution in [0.5, 0.6) is 0 Å². The molecule has 1 heterocycles. The van der Waals surface area contributed by atoms with Crippen LogP contribution >= 0.6 is 0 Å². The lowest BCUT2D eigenvalue weighted by atomic mass is 10.3. The molecule has 0 N–H and O–H groups in total. The molecule has 84 valence electrons. The van der Waals surface area contributed by atoms with Crippen molar-refractivity contribution in [2.45, 2.75) is 5.16 Å². The summed E-state index contributed by atoms with van der Waals surface area (Å²) in [5.41, 5.74) is 0.463. The normalized spacial score (nSPS) is 11.6. The van der Waals surface area contributed by atoms with Crippen LogP contribution in [-0.2, 0) is 9.84 Å². The minimum atomic E-state index is -3.59. The van der Waals surface area contributed by atoms with Gasteiger partial charge in [-0.3, -0.25) is 0 Å². The van der Waals surface area contributed by atoms with Gasteiger partial charge in [0.2, 0.25) is 9.84 Å². The van der Waals surface area contributed by atoms with Gasteiger partial charge in [0.1, 0.15) is 5.21 Å². The molecule has 0 aliphatic carbocycles. The Balaban J connectivity index is 2.67. The lowest BCUT2D eigenvalue weighted by Crippen LogP contribution is -2.32. The number of hydrogen-bond donors (Lipinski definition) is 0. The summed E-state index contributed by atoms with van der Waals surface area (Å²) in [4.78, 5) is -0.0244. The van der Waals surface area contributed by atoms with E-state index in [9.17, 15) is 13.6 Å². The molecule has 0 fully saturated rings. The molecule has 0 saturated carbocycles. The Labute approximate surface area is 91.4 Å². The van der Waals surface area contributed by atoms with Crippen molar-refractivity contribution in [2.75, 3.05) is 6.26 Å². The fourth-order valence-corrected chi connectivity index (χ4v) is 1.89. The van der Waals surface area contributed by atoms with Crippen LogP contribution in [0.25, 0.3) is 5.69 Å². The molecule has 2 aromatic rings. The molecule has 2 rings (SSSR count). The third kappa shape index (κ3) is 1.87. The second kappa shape index (κ2) is 3.56. The van der Waals surface area contributed by atoms with Gasteiger partial charge < -0.3 is 5.21 Å². The van der Waals surface area contributed by atoms with Crippen LogP contribution in [0.4, 0.5) is 0 Å². The number of para-hydroxylation sites is 1. The first-order valence-corrected chi connectivity index (χ1v) is 6.20. The number of benzene rings is 1. The van der Waals surface area contributed by atoms with E-state index in [1.54, 1.807) is 30.3 Å². The van der Waals surface area contributed by atoms with E-state index in [1.807, 2.05) is 0 Å². The third-order valence-corrected chi connectivity index (χ3v) is 2.77. The molecule has 8 heteroatoms. The maximum atomic E-state index is 11.4. The van der Waals surface area contributed by atoms with Crippen LogP contribution in [-0.4, -0.2) is 29.7 Å². The highest BCUT2D eigenvalue weighted by Gasteiger charge is 2.26. The molecule has 0 spiro atoms. The predicted octanol–water partition coefficient (Wildman–Crippen LogP) is -0.696. The Kier molecular flexibility index (Phi) is 2.35. The van der Waals surface area contributed by atoms with Gasteiger partial charge in [-0.2, -0.15) is 0 Å². The van der Waals surface area contributed by atoms with Crippen LogP contribution in [0.3, 0.4) is 0 Å². The third-order valence-electron chi connectivity index (χ3n) is 1.85. The summed E-state index contributed by atoms with van der Waals surface area (Å²) in [5.74, 6) is 0. The van der Waals surface area contributed by atoms with Gasteiger partial charge in [0, 0.05) is 11.4 Å². The van der Waals surface area contributed by atoms with Crippen molar-refractivity contribution in [3.63, 3.8) is 0 Å². The lowest BCUT2D eigenvalue weighted by molar-refractivity contribution is -0.728. The number of hydrogen-bond acceptors (Lipinski definition) is 5. The molecule has 0 radical (unpaired) electrons. The van der Waals surface area contributed by atoms with Gasteiger partial charge in [0.25, 0.3) is 0 Å². The summed E-state index contributed by atoms with van der Waals surface area (Å²) in [5, 5.41) is 17.3. The highest BCUT2D eigenvalue weighted by molar-refractivity contribution is 7.90. The average Bonchev–Trinajstić information content (AvgIpc) is 2.61. The molecule has 0 bridgehead atoms. The summed E-state index contributed by atoms with van der Waals surface area (Å²) in [6, 6.07) is 8.44. The minimum absolute atomic E-state index is 0.0244. The van der Waals surface area contributed by atoms with Crippen LogP contribution < -0.4 is 4.96 Å². The van der Waals surface area contributed by atoms with Gasteiger partial charge in [0.15, 0.2) is 5.69 Å². The maximum absolute atomic E-state index is 11.4. The van der Waals surface area contributed by atoms with Crippen molar-refractivity contribution in [3.05, 3.63) is 35.5 Å². The maximum Gasteiger partial charge on any atom is 0.380 e. The highest BCUT2D eigenvalue weighted by atomic mass is 32.2. The molecule has 0 amide bonds. The first-order chi connectivity index (χ1) is 7.48. The van der Waals surface area contributed by atoms with Crippen molar-refractivity contribution < 1.29 is 13.4 Å². The summed E-state index contributed by atoms with van der Waals surface area (Å²) in [6.45, 7) is 0. The van der Waals surface area contributed by atoms with Crippen LogP contribution in [0.1, 0.15) is 0 Å². The van der Waals surface area contributed by atoms with E-state index in [0.29, 0.717) is 5.69 Å². The quantitative estimate of drug-likeness (QED) is 0.511. The van der Waals surface area contributed by atoms with Crippen molar-refractivity contribution in [3.8, 4) is 5.69 Å². The van der Waals surface area contributed by atoms with E-state index in [-0.39, 0.29) is 10.1 Å². The summed E-state index contributed by atoms with van der Waals surface area (Å²) in [7, 11) is -3.59.